The molecule has 4 heteroatoms. The molecular weight excluding hydrogens is 178 g/mol. The predicted octanol–water partition coefficient (Wildman–Crippen LogP) is 1.19. The van der Waals surface area contributed by atoms with Gasteiger partial charge in [-0.25, -0.2) is 4.98 Å². The van der Waals surface area contributed by atoms with Crippen LogP contribution in [0.15, 0.2) is 0 Å². The lowest BCUT2D eigenvalue weighted by Crippen LogP contribution is -2.20. The first kappa shape index (κ1) is 9.24. The summed E-state index contributed by atoms with van der Waals surface area (Å²) < 4.78 is 2.14. The van der Waals surface area contributed by atoms with E-state index in [1.165, 1.54) is 0 Å². The molecule has 1 atom stereocenters. The third-order valence-electron chi connectivity index (χ3n) is 2.90. The number of fused-ring (bicyclic) bond motifs is 1. The molecule has 0 bridgehead atoms. The number of carbonyl (C=O) groups excluding carboxylic acids is 1. The van der Waals surface area contributed by atoms with Crippen molar-refractivity contribution < 1.29 is 4.79 Å². The largest absolute Gasteiger partial charge is 0.364 e. The molecule has 4 nitrogen and oxygen atoms in total. The van der Waals surface area contributed by atoms with E-state index in [4.69, 9.17) is 5.73 Å². The minimum atomic E-state index is -0.407. The molecule has 0 aromatic carbocycles. The van der Waals surface area contributed by atoms with Crippen molar-refractivity contribution in [2.45, 2.75) is 39.2 Å². The Morgan fingerprint density at radius 3 is 3.00 bits per heavy atom. The number of nitrogens with zero attached hydrogens (tertiary/aromatic N) is 2. The Balaban J connectivity index is 2.57. The molecule has 1 aliphatic heterocycles. The molecule has 0 saturated carbocycles. The molecule has 0 aliphatic carbocycles. The Bertz CT molecular complexity index is 381. The molecule has 2 N–H and O–H groups in total. The van der Waals surface area contributed by atoms with Gasteiger partial charge >= 0.3 is 0 Å². The molecule has 0 saturated heterocycles. The van der Waals surface area contributed by atoms with Crippen LogP contribution in [-0.2, 0) is 6.42 Å². The number of carbonyl (C=O) groups is 1. The summed E-state index contributed by atoms with van der Waals surface area (Å²) in [6.45, 7) is 4.08. The monoisotopic (exact) mass is 193 g/mol. The van der Waals surface area contributed by atoms with E-state index in [0.29, 0.717) is 11.7 Å². The SMILES string of the molecule is Cc1nc(C(N)=O)c2n1C(C)CCC2. The topological polar surface area (TPSA) is 60.9 Å². The van der Waals surface area contributed by atoms with Gasteiger partial charge in [0, 0.05) is 6.04 Å². The highest BCUT2D eigenvalue weighted by molar-refractivity contribution is 5.92. The van der Waals surface area contributed by atoms with Crippen LogP contribution < -0.4 is 5.73 Å². The average Bonchev–Trinajstić information content (AvgIpc) is 2.45. The zero-order chi connectivity index (χ0) is 10.3. The number of hydrogen-bond donors (Lipinski definition) is 1. The van der Waals surface area contributed by atoms with E-state index < -0.39 is 5.91 Å². The van der Waals surface area contributed by atoms with Crippen LogP contribution in [0.5, 0.6) is 0 Å². The van der Waals surface area contributed by atoms with Crippen molar-refractivity contribution in [3.8, 4) is 0 Å². The molecule has 1 aromatic heterocycles. The number of primary amides is 1. The van der Waals surface area contributed by atoms with Crippen LogP contribution in [0.25, 0.3) is 0 Å². The van der Waals surface area contributed by atoms with E-state index in [-0.39, 0.29) is 0 Å². The van der Waals surface area contributed by atoms with Gasteiger partial charge in [0.05, 0.1) is 5.69 Å². The smallest absolute Gasteiger partial charge is 0.269 e. The van der Waals surface area contributed by atoms with E-state index in [2.05, 4.69) is 16.5 Å². The summed E-state index contributed by atoms with van der Waals surface area (Å²) >= 11 is 0. The van der Waals surface area contributed by atoms with Gasteiger partial charge in [0.1, 0.15) is 11.5 Å². The summed E-state index contributed by atoms with van der Waals surface area (Å²) in [5.41, 5.74) is 6.77. The number of nitrogens with two attached hydrogens (primary N) is 1. The van der Waals surface area contributed by atoms with Gasteiger partial charge in [-0.05, 0) is 33.1 Å². The Morgan fingerprint density at radius 2 is 2.36 bits per heavy atom. The molecule has 0 spiro atoms. The average molecular weight is 193 g/mol. The lowest BCUT2D eigenvalue weighted by atomic mass is 10.0. The highest BCUT2D eigenvalue weighted by Crippen LogP contribution is 2.27. The second kappa shape index (κ2) is 3.12. The van der Waals surface area contributed by atoms with E-state index in [9.17, 15) is 4.79 Å². The predicted molar refractivity (Wildman–Crippen MR) is 53.1 cm³/mol. The molecule has 1 aromatic rings. The van der Waals surface area contributed by atoms with Gasteiger partial charge in [-0.1, -0.05) is 0 Å². The highest BCUT2D eigenvalue weighted by atomic mass is 16.1. The molecule has 0 radical (unpaired) electrons. The lowest BCUT2D eigenvalue weighted by Gasteiger charge is -2.23. The van der Waals surface area contributed by atoms with Crippen molar-refractivity contribution >= 4 is 5.91 Å². The van der Waals surface area contributed by atoms with E-state index in [1.807, 2.05) is 6.92 Å². The zero-order valence-electron chi connectivity index (χ0n) is 8.58. The molecule has 2 rings (SSSR count). The highest BCUT2D eigenvalue weighted by Gasteiger charge is 2.24. The lowest BCUT2D eigenvalue weighted by molar-refractivity contribution is 0.0994. The number of hydrogen-bond acceptors (Lipinski definition) is 2. The van der Waals surface area contributed by atoms with Crippen molar-refractivity contribution in [1.82, 2.24) is 9.55 Å². The van der Waals surface area contributed by atoms with E-state index in [1.54, 1.807) is 0 Å². The van der Waals surface area contributed by atoms with Crippen LogP contribution in [0.4, 0.5) is 0 Å². The summed E-state index contributed by atoms with van der Waals surface area (Å²) in [5, 5.41) is 0. The number of aryl methyl sites for hydroxylation is 1. The number of imidazole rings is 1. The maximum absolute atomic E-state index is 11.1. The van der Waals surface area contributed by atoms with Crippen molar-refractivity contribution in [1.29, 1.82) is 0 Å². The number of amides is 1. The van der Waals surface area contributed by atoms with Crippen molar-refractivity contribution in [3.63, 3.8) is 0 Å². The second-order valence-electron chi connectivity index (χ2n) is 3.93. The molecule has 1 aliphatic rings. The zero-order valence-corrected chi connectivity index (χ0v) is 8.58. The van der Waals surface area contributed by atoms with Crippen LogP contribution in [0.1, 0.15) is 47.8 Å². The van der Waals surface area contributed by atoms with Crippen LogP contribution in [-0.4, -0.2) is 15.5 Å². The van der Waals surface area contributed by atoms with Gasteiger partial charge in [-0.15, -0.1) is 0 Å². The van der Waals surface area contributed by atoms with E-state index >= 15 is 0 Å². The Hall–Kier alpha value is -1.32. The molecule has 14 heavy (non-hydrogen) atoms. The molecule has 0 fully saturated rings. The third-order valence-corrected chi connectivity index (χ3v) is 2.90. The summed E-state index contributed by atoms with van der Waals surface area (Å²) in [7, 11) is 0. The second-order valence-corrected chi connectivity index (χ2v) is 3.93. The fourth-order valence-corrected chi connectivity index (χ4v) is 2.30. The van der Waals surface area contributed by atoms with Crippen molar-refractivity contribution in [2.24, 2.45) is 5.73 Å². The van der Waals surface area contributed by atoms with Crippen LogP contribution in [0.2, 0.25) is 0 Å². The minimum Gasteiger partial charge on any atom is -0.364 e. The minimum absolute atomic E-state index is 0.407. The van der Waals surface area contributed by atoms with Gasteiger partial charge in [-0.3, -0.25) is 4.79 Å². The molecule has 1 amide bonds. The van der Waals surface area contributed by atoms with Crippen LogP contribution >= 0.6 is 0 Å². The van der Waals surface area contributed by atoms with Gasteiger partial charge in [-0.2, -0.15) is 0 Å². The number of rotatable bonds is 1. The Morgan fingerprint density at radius 1 is 1.64 bits per heavy atom. The van der Waals surface area contributed by atoms with Crippen LogP contribution in [0, 0.1) is 6.92 Å². The first-order valence-corrected chi connectivity index (χ1v) is 4.98. The molecule has 2 heterocycles. The first-order chi connectivity index (χ1) is 6.61. The van der Waals surface area contributed by atoms with Gasteiger partial charge in [0.25, 0.3) is 5.91 Å². The summed E-state index contributed by atoms with van der Waals surface area (Å²) in [5.74, 6) is 0.497. The first-order valence-electron chi connectivity index (χ1n) is 4.98. The summed E-state index contributed by atoms with van der Waals surface area (Å²) in [6.07, 6.45) is 3.19. The van der Waals surface area contributed by atoms with Crippen molar-refractivity contribution in [3.05, 3.63) is 17.2 Å². The maximum atomic E-state index is 11.1. The molecule has 1 unspecified atom stereocenters. The van der Waals surface area contributed by atoms with Gasteiger partial charge < -0.3 is 10.3 Å². The summed E-state index contributed by atoms with van der Waals surface area (Å²) in [4.78, 5) is 15.4. The van der Waals surface area contributed by atoms with E-state index in [0.717, 1.165) is 30.8 Å². The quantitative estimate of drug-likeness (QED) is 0.728. The third kappa shape index (κ3) is 1.22. The molecular formula is C10H15N3O. The Labute approximate surface area is 83.1 Å². The van der Waals surface area contributed by atoms with Crippen LogP contribution in [0.3, 0.4) is 0 Å². The normalized spacial score (nSPS) is 20.6. The maximum Gasteiger partial charge on any atom is 0.269 e. The standard InChI is InChI=1S/C10H15N3O/c1-6-4-3-5-8-9(10(11)14)12-7(2)13(6)8/h6H,3-5H2,1-2H3,(H2,11,14). The fourth-order valence-electron chi connectivity index (χ4n) is 2.30. The van der Waals surface area contributed by atoms with Gasteiger partial charge in [0.2, 0.25) is 0 Å². The Kier molecular flexibility index (Phi) is 2.06. The molecule has 76 valence electrons. The number of aromatic nitrogens is 2. The van der Waals surface area contributed by atoms with Gasteiger partial charge in [0.15, 0.2) is 0 Å². The summed E-state index contributed by atoms with van der Waals surface area (Å²) in [6, 6.07) is 0.444. The van der Waals surface area contributed by atoms with Crippen molar-refractivity contribution in [2.75, 3.05) is 0 Å². The fraction of sp³-hybridized carbons (Fsp3) is 0.600.